The molecule has 0 spiro atoms. The number of alkyl halides is 2. The smallest absolute Gasteiger partial charge is 0.262 e. The van der Waals surface area contributed by atoms with Gasteiger partial charge in [-0.2, -0.15) is 0 Å². The van der Waals surface area contributed by atoms with E-state index >= 15 is 0 Å². The number of benzene rings is 10. The zero-order valence-corrected chi connectivity index (χ0v) is 83.1. The fourth-order valence-corrected chi connectivity index (χ4v) is 20.8. The average molecular weight is 1970 g/mol. The fraction of sp³-hybridized carbons (Fsp3) is 0.394. The normalized spacial score (nSPS) is 16.9. The lowest BCUT2D eigenvalue weighted by molar-refractivity contribution is 0.220. The summed E-state index contributed by atoms with van der Waals surface area (Å²) >= 11 is 32.9. The predicted octanol–water partition coefficient (Wildman–Crippen LogP) is 21.8. The molecule has 12 bridgehead atoms. The fourth-order valence-electron chi connectivity index (χ4n) is 17.3. The Kier molecular flexibility index (Phi) is 36.5. The number of halogens is 7. The van der Waals surface area contributed by atoms with E-state index in [1.165, 1.54) is 83.3 Å². The molecule has 4 atom stereocenters. The van der Waals surface area contributed by atoms with Gasteiger partial charge >= 0.3 is 0 Å². The van der Waals surface area contributed by atoms with Crippen molar-refractivity contribution in [2.75, 3.05) is 148 Å². The lowest BCUT2D eigenvalue weighted by Crippen LogP contribution is -2.34. The number of hydrogen-bond acceptors (Lipinski definition) is 22. The van der Waals surface area contributed by atoms with Crippen molar-refractivity contribution in [2.45, 2.75) is 119 Å². The highest BCUT2D eigenvalue weighted by atomic mass is 35.7. The van der Waals surface area contributed by atoms with Crippen LogP contribution in [-0.4, -0.2) is 190 Å². The second-order valence-electron chi connectivity index (χ2n) is 32.4. The van der Waals surface area contributed by atoms with Gasteiger partial charge in [-0.05, 0) is 296 Å². The molecule has 3 N–H and O–H groups in total. The van der Waals surface area contributed by atoms with Gasteiger partial charge in [-0.25, -0.2) is 21.6 Å². The van der Waals surface area contributed by atoms with E-state index in [1.54, 1.807) is 48.7 Å². The van der Waals surface area contributed by atoms with Crippen molar-refractivity contribution in [3.05, 3.63) is 245 Å². The van der Waals surface area contributed by atoms with E-state index in [0.717, 1.165) is 110 Å². The average Bonchev–Trinajstić information content (AvgIpc) is 0.750. The molecule has 10 aromatic rings. The minimum atomic E-state index is -3.88. The predicted molar refractivity (Wildman–Crippen MR) is 523 cm³/mol. The maximum absolute atomic E-state index is 13.0. The highest BCUT2D eigenvalue weighted by Crippen LogP contribution is 2.55. The second-order valence-corrected chi connectivity index (χ2v) is 39.2. The zero-order chi connectivity index (χ0) is 94.0. The first kappa shape index (κ1) is 101. The molecule has 32 heteroatoms. The van der Waals surface area contributed by atoms with Crippen molar-refractivity contribution in [3.63, 3.8) is 0 Å². The number of nitrogens with zero attached hydrogens (tertiary/aromatic N) is 5. The van der Waals surface area contributed by atoms with Crippen LogP contribution in [0.3, 0.4) is 0 Å². The number of hydrogen-bond donors (Lipinski definition) is 2. The van der Waals surface area contributed by atoms with Crippen molar-refractivity contribution in [1.29, 1.82) is 0 Å². The van der Waals surface area contributed by atoms with Gasteiger partial charge in [-0.3, -0.25) is 19.6 Å². The lowest BCUT2D eigenvalue weighted by Gasteiger charge is -2.37. The number of likely N-dealkylation sites (N-methyl/N-ethyl adjacent to an activating group) is 4. The molecule has 0 aliphatic carbocycles. The summed E-state index contributed by atoms with van der Waals surface area (Å²) in [5.41, 5.74) is 19.6. The molecule has 131 heavy (non-hydrogen) atoms. The van der Waals surface area contributed by atoms with E-state index in [-0.39, 0.29) is 72.5 Å². The van der Waals surface area contributed by atoms with Gasteiger partial charge in [0.05, 0.1) is 71.3 Å². The summed E-state index contributed by atoms with van der Waals surface area (Å²) in [5, 5.41) is 0.909. The van der Waals surface area contributed by atoms with Crippen LogP contribution < -0.4 is 67.3 Å². The minimum Gasteiger partial charge on any atom is -0.493 e. The van der Waals surface area contributed by atoms with Crippen LogP contribution >= 0.6 is 80.3 Å². The summed E-state index contributed by atoms with van der Waals surface area (Å²) in [5.74, 6) is 10.1. The molecule has 0 aromatic heterocycles. The van der Waals surface area contributed by atoms with E-state index < -0.39 is 19.1 Å². The van der Waals surface area contributed by atoms with Crippen molar-refractivity contribution in [3.8, 4) is 92.0 Å². The third kappa shape index (κ3) is 25.0. The Labute approximate surface area is 805 Å². The van der Waals surface area contributed by atoms with Crippen LogP contribution in [0.2, 0.25) is 20.1 Å². The maximum atomic E-state index is 13.0. The van der Waals surface area contributed by atoms with Gasteiger partial charge < -0.3 is 67.5 Å². The van der Waals surface area contributed by atoms with Crippen LogP contribution in [0, 0.1) is 0 Å². The van der Waals surface area contributed by atoms with Gasteiger partial charge in [0.25, 0.3) is 9.05 Å². The molecular formula is C99H116Cl7N7O16S2. The Hall–Kier alpha value is -8.55. The third-order valence-electron chi connectivity index (χ3n) is 24.4. The van der Waals surface area contributed by atoms with Gasteiger partial charge in [0.2, 0.25) is 21.5 Å². The SMILES string of the molecule is CCN(CC)CC.COc1cc2c3cc1Oc1c(OC)c(OC)cc4c1[C@@H](Cc1ccc(OCCCN)c(c1)Oc1ccc(cc1)C[C@@H]3N(C)CC2)N(C)CC4.COc1cc2c3cc1Oc1c(OC)c(OC)cc4c1[C@@H](Cc1ccc(OCCCNS(=O)(=O)c5cc(Cl)ccc5Cl)c(c1)Oc1ccc(cc1)C[C@@H]3N(C)CC2)N(C)CC4.ClCCl.O=S(=O)(Cl)c1cc(Cl)ccc1Cl. The monoisotopic (exact) mass is 1970 g/mol. The molecule has 23 nitrogen and oxygen atoms in total. The Morgan fingerprint density at radius 1 is 0.420 bits per heavy atom. The van der Waals surface area contributed by atoms with E-state index in [1.807, 2.05) is 36.4 Å². The van der Waals surface area contributed by atoms with Crippen LogP contribution in [0.25, 0.3) is 0 Å². The van der Waals surface area contributed by atoms with E-state index in [9.17, 15) is 16.8 Å². The van der Waals surface area contributed by atoms with Crippen LogP contribution in [0.15, 0.2) is 168 Å². The van der Waals surface area contributed by atoms with Crippen LogP contribution in [0.1, 0.15) is 125 Å². The zero-order valence-electron chi connectivity index (χ0n) is 76.2. The summed E-state index contributed by atoms with van der Waals surface area (Å²) in [6, 6.07) is 50.1. The van der Waals surface area contributed by atoms with Gasteiger partial charge in [-0.1, -0.05) is 104 Å². The summed E-state index contributed by atoms with van der Waals surface area (Å²) in [4.78, 5) is 11.7. The van der Waals surface area contributed by atoms with Gasteiger partial charge in [-0.15, -0.1) is 23.2 Å². The summed E-state index contributed by atoms with van der Waals surface area (Å²) in [6.07, 6.45) is 7.57. The largest absolute Gasteiger partial charge is 0.493 e. The first-order valence-corrected chi connectivity index (χ1v) is 50.0. The van der Waals surface area contributed by atoms with E-state index in [0.29, 0.717) is 119 Å². The quantitative estimate of drug-likeness (QED) is 0.0387. The number of fused-ring (bicyclic) bond motifs is 4. The Bertz CT molecular complexity index is 5820. The van der Waals surface area contributed by atoms with Crippen LogP contribution in [0.5, 0.6) is 92.0 Å². The van der Waals surface area contributed by atoms with Gasteiger partial charge in [0.15, 0.2) is 69.0 Å². The molecule has 8 aliphatic rings. The first-order chi connectivity index (χ1) is 63.0. The van der Waals surface area contributed by atoms with Crippen molar-refractivity contribution < 1.29 is 73.7 Å². The molecule has 18 rings (SSSR count). The standard InChI is InChI=1S/C46H49Cl2N3O8S.C40H47N3O6.C6H3Cl3O2S.C6H15N.CH2Cl2/c1-50-18-15-30-24-39(54-3)41-27-34(30)36(50)21-28-7-11-33(12-8-28)58-40-23-29(22-37-44-31(16-19-51(37)2)25-42(55-4)45(56-5)46(44)59-41)9-14-38(40)57-20-6-17-49-60(52,53)43-26-32(47)10-13-35(43)48;1-42-16-13-27-22-34(44-3)36-24-30(27)31(42)19-25-7-10-29(11-8-25)48-35-21-26(9-12-33(35)47-18-6-15-41)20-32-38-28(14-17-43(32)2)23-37(45-4)39(46-5)40(38)49-36;7-4-1-2-5(8)6(3-4)12(9,10)11;1-4-7(5-2)6-3;2-1-3/h7-14,23-27,36-37,49H,6,15-22H2,1-5H3;7-12,21-24,31-32H,6,13-20,41H2,1-5H3;1-3H;4-6H2,1-3H3;1H2/t36-,37+;31-,32+;;;/m00.../s1. The summed E-state index contributed by atoms with van der Waals surface area (Å²) in [7, 11) is 16.1. The topological polar surface area (TPSA) is 233 Å². The molecule has 0 fully saturated rings. The number of ether oxygens (including phenoxy) is 12. The molecule has 0 saturated heterocycles. The van der Waals surface area contributed by atoms with Crippen molar-refractivity contribution >= 4 is 99.4 Å². The van der Waals surface area contributed by atoms with Crippen LogP contribution in [-0.2, 0) is 70.4 Å². The summed E-state index contributed by atoms with van der Waals surface area (Å²) < 4.78 is 126. The number of nitrogens with one attached hydrogen (secondary N) is 1. The van der Waals surface area contributed by atoms with Crippen molar-refractivity contribution in [1.82, 2.24) is 29.2 Å². The van der Waals surface area contributed by atoms with Gasteiger partial charge in [0, 0.05) is 88.7 Å². The number of methoxy groups -OCH3 is 6. The number of sulfonamides is 1. The molecule has 0 saturated carbocycles. The Morgan fingerprint density at radius 2 is 0.779 bits per heavy atom. The molecular weight excluding hydrogens is 1860 g/mol. The number of nitrogens with two attached hydrogens (primary N) is 1. The number of rotatable bonds is 21. The molecule has 0 radical (unpaired) electrons. The maximum Gasteiger partial charge on any atom is 0.262 e. The molecule has 8 aliphatic heterocycles. The lowest BCUT2D eigenvalue weighted by atomic mass is 9.87. The molecule has 0 amide bonds. The van der Waals surface area contributed by atoms with Crippen molar-refractivity contribution in [2.24, 2.45) is 5.73 Å². The molecule has 704 valence electrons. The van der Waals surface area contributed by atoms with E-state index in [2.05, 4.69) is 163 Å². The second kappa shape index (κ2) is 47.1. The molecule has 8 heterocycles. The highest BCUT2D eigenvalue weighted by molar-refractivity contribution is 8.13. The highest BCUT2D eigenvalue weighted by Gasteiger charge is 2.39. The summed E-state index contributed by atoms with van der Waals surface area (Å²) in [6.45, 7) is 15.1. The van der Waals surface area contributed by atoms with E-state index in [4.69, 9.17) is 143 Å². The van der Waals surface area contributed by atoms with Crippen LogP contribution in [0.4, 0.5) is 0 Å². The first-order valence-electron chi connectivity index (χ1n) is 43.6. The minimum absolute atomic E-state index is 0.0175. The third-order valence-corrected chi connectivity index (χ3v) is 28.6. The molecule has 0 unspecified atom stereocenters. The Morgan fingerprint density at radius 3 is 1.15 bits per heavy atom. The molecule has 10 aromatic carbocycles. The van der Waals surface area contributed by atoms with Gasteiger partial charge in [0.1, 0.15) is 21.3 Å². The Balaban J connectivity index is 0.000000194.